The van der Waals surface area contributed by atoms with E-state index in [1.807, 2.05) is 0 Å². The van der Waals surface area contributed by atoms with Crippen LogP contribution in [0.1, 0.15) is 30.7 Å². The summed E-state index contributed by atoms with van der Waals surface area (Å²) in [6.45, 7) is 1.43. The van der Waals surface area contributed by atoms with Crippen molar-refractivity contribution in [2.75, 3.05) is 13.6 Å². The van der Waals surface area contributed by atoms with Crippen molar-refractivity contribution in [1.29, 1.82) is 0 Å². The number of halogens is 2. The van der Waals surface area contributed by atoms with E-state index in [0.29, 0.717) is 24.4 Å². The van der Waals surface area contributed by atoms with Gasteiger partial charge in [-0.05, 0) is 26.4 Å². The zero-order valence-electron chi connectivity index (χ0n) is 8.55. The highest BCUT2D eigenvalue weighted by Gasteiger charge is 2.27. The Labute approximate surface area is 101 Å². The molecule has 0 aromatic carbocycles. The van der Waals surface area contributed by atoms with Crippen LogP contribution in [0.5, 0.6) is 0 Å². The number of nitrogens with zero attached hydrogens (tertiary/aromatic N) is 3. The van der Waals surface area contributed by atoms with Crippen molar-refractivity contribution < 1.29 is 4.42 Å². The van der Waals surface area contributed by atoms with Crippen molar-refractivity contribution in [1.82, 2.24) is 15.1 Å². The molecule has 1 fully saturated rings. The molecular weight excluding hydrogens is 239 g/mol. The Morgan fingerprint density at radius 3 is 2.67 bits per heavy atom. The fourth-order valence-electron chi connectivity index (χ4n) is 1.71. The molecule has 88 valence electrons. The second-order valence-electron chi connectivity index (χ2n) is 3.38. The number of rotatable bonds is 2. The molecule has 1 aliphatic rings. The van der Waals surface area contributed by atoms with Crippen LogP contribution in [0.15, 0.2) is 4.42 Å². The topological polar surface area (TPSA) is 68.2 Å². The summed E-state index contributed by atoms with van der Waals surface area (Å²) in [5.74, 6) is 1.23. The zero-order valence-corrected chi connectivity index (χ0v) is 10.2. The van der Waals surface area contributed by atoms with Crippen LogP contribution in [0.4, 0.5) is 0 Å². The largest absolute Gasteiger partial charge is 0.422 e. The number of aromatic nitrogens is 2. The first-order valence-electron chi connectivity index (χ1n) is 4.54. The van der Waals surface area contributed by atoms with Crippen LogP contribution in [0, 0.1) is 0 Å². The van der Waals surface area contributed by atoms with Gasteiger partial charge < -0.3 is 10.2 Å². The van der Waals surface area contributed by atoms with Gasteiger partial charge >= 0.3 is 0 Å². The van der Waals surface area contributed by atoms with Gasteiger partial charge in [0.15, 0.2) is 0 Å². The standard InChI is InChI=1S/C8H14N4O.2ClH/c1-12-4-2-3-6(12)8-11-10-7(5-9)13-8;;/h6H,2-5,9H2,1H3;2*1H. The summed E-state index contributed by atoms with van der Waals surface area (Å²) in [6, 6.07) is 0.299. The first-order valence-corrected chi connectivity index (χ1v) is 4.54. The van der Waals surface area contributed by atoms with Gasteiger partial charge in [-0.2, -0.15) is 0 Å². The molecule has 2 rings (SSSR count). The van der Waals surface area contributed by atoms with Crippen LogP contribution >= 0.6 is 24.8 Å². The molecule has 1 aromatic rings. The Morgan fingerprint density at radius 1 is 1.47 bits per heavy atom. The lowest BCUT2D eigenvalue weighted by Crippen LogP contribution is -2.17. The summed E-state index contributed by atoms with van der Waals surface area (Å²) in [5.41, 5.74) is 5.39. The molecule has 0 saturated carbocycles. The molecule has 0 spiro atoms. The van der Waals surface area contributed by atoms with Crippen LogP contribution in [0.3, 0.4) is 0 Å². The maximum atomic E-state index is 5.40. The molecule has 0 radical (unpaired) electrons. The summed E-state index contributed by atoms with van der Waals surface area (Å²) in [5, 5.41) is 7.83. The van der Waals surface area contributed by atoms with Crippen LogP contribution < -0.4 is 5.73 Å². The maximum Gasteiger partial charge on any atom is 0.233 e. The van der Waals surface area contributed by atoms with E-state index >= 15 is 0 Å². The van der Waals surface area contributed by atoms with E-state index in [-0.39, 0.29) is 24.8 Å². The normalized spacial score (nSPS) is 20.8. The fourth-order valence-corrected chi connectivity index (χ4v) is 1.71. The molecule has 2 heterocycles. The maximum absolute atomic E-state index is 5.40. The smallest absolute Gasteiger partial charge is 0.233 e. The lowest BCUT2D eigenvalue weighted by Gasteiger charge is -2.14. The minimum absolute atomic E-state index is 0. The predicted octanol–water partition coefficient (Wildman–Crippen LogP) is 1.14. The number of likely N-dealkylation sites (tertiary alicyclic amines) is 1. The van der Waals surface area contributed by atoms with Gasteiger partial charge in [0.1, 0.15) is 0 Å². The average molecular weight is 255 g/mol. The third-order valence-corrected chi connectivity index (χ3v) is 2.46. The van der Waals surface area contributed by atoms with E-state index in [9.17, 15) is 0 Å². The molecule has 1 atom stereocenters. The molecule has 0 bridgehead atoms. The molecular formula is C8H16Cl2N4O. The second-order valence-corrected chi connectivity index (χ2v) is 3.38. The lowest BCUT2D eigenvalue weighted by molar-refractivity contribution is 0.263. The second kappa shape index (κ2) is 6.27. The minimum atomic E-state index is 0. The van der Waals surface area contributed by atoms with Crippen LogP contribution in [0.2, 0.25) is 0 Å². The van der Waals surface area contributed by atoms with E-state index in [1.165, 1.54) is 6.42 Å². The van der Waals surface area contributed by atoms with Gasteiger partial charge in [-0.1, -0.05) is 0 Å². The molecule has 5 nitrogen and oxygen atoms in total. The molecule has 1 aliphatic heterocycles. The first kappa shape index (κ1) is 14.6. The summed E-state index contributed by atoms with van der Waals surface area (Å²) in [6.07, 6.45) is 2.30. The molecule has 2 N–H and O–H groups in total. The number of hydrogen-bond donors (Lipinski definition) is 1. The van der Waals surface area contributed by atoms with Gasteiger partial charge in [0.25, 0.3) is 0 Å². The number of nitrogens with two attached hydrogens (primary N) is 1. The van der Waals surface area contributed by atoms with E-state index in [4.69, 9.17) is 10.2 Å². The van der Waals surface area contributed by atoms with Crippen LogP contribution in [0.25, 0.3) is 0 Å². The van der Waals surface area contributed by atoms with Crippen molar-refractivity contribution in [2.24, 2.45) is 5.73 Å². The van der Waals surface area contributed by atoms with Crippen molar-refractivity contribution in [3.05, 3.63) is 11.8 Å². The Hall–Kier alpha value is -0.360. The van der Waals surface area contributed by atoms with Crippen molar-refractivity contribution in [2.45, 2.75) is 25.4 Å². The monoisotopic (exact) mass is 254 g/mol. The Balaban J connectivity index is 0.000000980. The highest BCUT2D eigenvalue weighted by Crippen LogP contribution is 2.28. The van der Waals surface area contributed by atoms with Gasteiger partial charge in [0.2, 0.25) is 11.8 Å². The Bertz CT molecular complexity index is 294. The van der Waals surface area contributed by atoms with E-state index in [2.05, 4.69) is 22.1 Å². The molecule has 0 amide bonds. The van der Waals surface area contributed by atoms with Crippen molar-refractivity contribution in [3.8, 4) is 0 Å². The first-order chi connectivity index (χ1) is 6.31. The summed E-state index contributed by atoms with van der Waals surface area (Å²) in [4.78, 5) is 2.23. The SMILES string of the molecule is CN1CCCC1c1nnc(CN)o1.Cl.Cl. The Kier molecular flexibility index (Phi) is 6.12. The third kappa shape index (κ3) is 3.04. The van der Waals surface area contributed by atoms with E-state index < -0.39 is 0 Å². The van der Waals surface area contributed by atoms with Gasteiger partial charge in [0, 0.05) is 0 Å². The lowest BCUT2D eigenvalue weighted by atomic mass is 10.2. The molecule has 0 aliphatic carbocycles. The number of hydrogen-bond acceptors (Lipinski definition) is 5. The quantitative estimate of drug-likeness (QED) is 0.858. The molecule has 7 heteroatoms. The van der Waals surface area contributed by atoms with Crippen LogP contribution in [-0.4, -0.2) is 28.7 Å². The predicted molar refractivity (Wildman–Crippen MR) is 61.3 cm³/mol. The summed E-state index contributed by atoms with van der Waals surface area (Å²) >= 11 is 0. The Morgan fingerprint density at radius 2 is 2.20 bits per heavy atom. The van der Waals surface area contributed by atoms with Crippen molar-refractivity contribution >= 4 is 24.8 Å². The fraction of sp³-hybridized carbons (Fsp3) is 0.750. The van der Waals surface area contributed by atoms with Gasteiger partial charge in [-0.15, -0.1) is 35.0 Å². The summed E-state index contributed by atoms with van der Waals surface area (Å²) in [7, 11) is 2.07. The molecule has 1 saturated heterocycles. The molecule has 1 unspecified atom stereocenters. The van der Waals surface area contributed by atoms with Crippen LogP contribution in [-0.2, 0) is 6.54 Å². The van der Waals surface area contributed by atoms with Gasteiger partial charge in [0.05, 0.1) is 12.6 Å². The average Bonchev–Trinajstić information content (AvgIpc) is 2.71. The van der Waals surface area contributed by atoms with E-state index in [0.717, 1.165) is 13.0 Å². The zero-order chi connectivity index (χ0) is 9.26. The van der Waals surface area contributed by atoms with Gasteiger partial charge in [-0.25, -0.2) is 0 Å². The van der Waals surface area contributed by atoms with Gasteiger partial charge in [-0.3, -0.25) is 4.90 Å². The molecule has 15 heavy (non-hydrogen) atoms. The highest BCUT2D eigenvalue weighted by atomic mass is 35.5. The van der Waals surface area contributed by atoms with Crippen molar-refractivity contribution in [3.63, 3.8) is 0 Å². The third-order valence-electron chi connectivity index (χ3n) is 2.46. The van der Waals surface area contributed by atoms with E-state index in [1.54, 1.807) is 0 Å². The highest BCUT2D eigenvalue weighted by molar-refractivity contribution is 5.85. The molecule has 1 aromatic heterocycles. The minimum Gasteiger partial charge on any atom is -0.422 e. The summed E-state index contributed by atoms with van der Waals surface area (Å²) < 4.78 is 5.40.